The van der Waals surface area contributed by atoms with E-state index in [1.807, 2.05) is 30.3 Å². The topological polar surface area (TPSA) is 207 Å². The number of carbonyl (C=O) groups is 6. The summed E-state index contributed by atoms with van der Waals surface area (Å²) in [6.45, 7) is 1.99. The standard InChI is InChI=1S/C44H41N9O6/c45-22-25-47-39(55)30-11-9-28(10-12-30)35-19-24-48-44(50-35)49-32-13-15-33(16-14-32)52-26-20-31(21-27-52)40(56)46-23-4-2-1-3-6-29-7-5-8-34-38(29)43(59)53(42(34)58)36-17-18-37(54)51-41(36)57/h5,7-16,19,24,31,36H,1-2,4,17-18,20-21,23,25-27H2,(H,46,56)(H,47,55)(H,48,49,50)(H,51,54,57). The van der Waals surface area contributed by atoms with Crippen molar-refractivity contribution in [2.75, 3.05) is 36.4 Å². The van der Waals surface area contributed by atoms with Gasteiger partial charge in [-0.3, -0.25) is 39.0 Å². The van der Waals surface area contributed by atoms with Gasteiger partial charge in [-0.2, -0.15) is 5.26 Å². The molecule has 0 spiro atoms. The second-order valence-electron chi connectivity index (χ2n) is 14.3. The normalized spacial score (nSPS) is 16.4. The number of fused-ring (bicyclic) bond motifs is 1. The van der Waals surface area contributed by atoms with Crippen molar-refractivity contribution >= 4 is 52.8 Å². The number of nitrogens with one attached hydrogen (secondary N) is 4. The third-order valence-corrected chi connectivity index (χ3v) is 10.5. The first-order valence-corrected chi connectivity index (χ1v) is 19.5. The van der Waals surface area contributed by atoms with E-state index in [0.29, 0.717) is 35.7 Å². The molecule has 0 radical (unpaired) electrons. The molecule has 1 unspecified atom stereocenters. The average Bonchev–Trinajstić information content (AvgIpc) is 3.51. The second-order valence-corrected chi connectivity index (χ2v) is 14.3. The molecule has 15 heteroatoms. The van der Waals surface area contributed by atoms with Crippen molar-refractivity contribution in [1.82, 2.24) is 30.8 Å². The van der Waals surface area contributed by atoms with Gasteiger partial charge in [0.25, 0.3) is 17.7 Å². The smallest absolute Gasteiger partial charge is 0.263 e. The molecule has 4 heterocycles. The van der Waals surface area contributed by atoms with Gasteiger partial charge in [0.05, 0.1) is 22.9 Å². The van der Waals surface area contributed by atoms with Gasteiger partial charge in [0.1, 0.15) is 12.6 Å². The molecule has 3 aliphatic rings. The molecule has 4 N–H and O–H groups in total. The first-order chi connectivity index (χ1) is 28.7. The lowest BCUT2D eigenvalue weighted by Crippen LogP contribution is -2.54. The number of rotatable bonds is 12. The van der Waals surface area contributed by atoms with E-state index in [0.717, 1.165) is 60.6 Å². The number of benzene rings is 3. The molecule has 0 aliphatic carbocycles. The van der Waals surface area contributed by atoms with Crippen LogP contribution in [0.15, 0.2) is 79.0 Å². The summed E-state index contributed by atoms with van der Waals surface area (Å²) in [5.74, 6) is 3.98. The van der Waals surface area contributed by atoms with Crippen molar-refractivity contribution in [3.63, 3.8) is 0 Å². The molecule has 298 valence electrons. The Kier molecular flexibility index (Phi) is 12.3. The SMILES string of the molecule is N#CCNC(=O)c1ccc(-c2ccnc(Nc3ccc(N4CCC(C(=O)NCCCCC#Cc5cccc6c5C(=O)N(C5CCC(=O)NC5=O)C6=O)CC4)cc3)n2)cc1. The Morgan fingerprint density at radius 1 is 0.881 bits per heavy atom. The van der Waals surface area contributed by atoms with Gasteiger partial charge in [0, 0.05) is 72.7 Å². The Balaban J connectivity index is 0.821. The number of carbonyl (C=O) groups excluding carboxylic acids is 6. The van der Waals surface area contributed by atoms with Crippen molar-refractivity contribution in [1.29, 1.82) is 5.26 Å². The molecule has 3 aliphatic heterocycles. The lowest BCUT2D eigenvalue weighted by molar-refractivity contribution is -0.136. The highest BCUT2D eigenvalue weighted by Crippen LogP contribution is 2.30. The van der Waals surface area contributed by atoms with E-state index >= 15 is 0 Å². The summed E-state index contributed by atoms with van der Waals surface area (Å²) in [5, 5.41) is 19.7. The Morgan fingerprint density at radius 3 is 2.41 bits per heavy atom. The number of hydrogen-bond acceptors (Lipinski definition) is 11. The Bertz CT molecular complexity index is 2390. The molecule has 2 fully saturated rings. The van der Waals surface area contributed by atoms with E-state index in [2.05, 4.69) is 48.0 Å². The lowest BCUT2D eigenvalue weighted by atomic mass is 9.95. The van der Waals surface area contributed by atoms with Gasteiger partial charge in [-0.1, -0.05) is 30.0 Å². The predicted octanol–water partition coefficient (Wildman–Crippen LogP) is 4.10. The number of hydrogen-bond donors (Lipinski definition) is 4. The zero-order valence-corrected chi connectivity index (χ0v) is 32.1. The summed E-state index contributed by atoms with van der Waals surface area (Å²) in [7, 11) is 0. The number of amides is 6. The van der Waals surface area contributed by atoms with Gasteiger partial charge in [-0.25, -0.2) is 9.97 Å². The molecular weight excluding hydrogens is 751 g/mol. The zero-order chi connectivity index (χ0) is 41.3. The summed E-state index contributed by atoms with van der Waals surface area (Å²) in [6, 6.07) is 22.5. The first-order valence-electron chi connectivity index (χ1n) is 19.5. The largest absolute Gasteiger partial charge is 0.371 e. The van der Waals surface area contributed by atoms with Crippen LogP contribution in [0.5, 0.6) is 0 Å². The highest BCUT2D eigenvalue weighted by atomic mass is 16.2. The van der Waals surface area contributed by atoms with E-state index in [1.54, 1.807) is 54.7 Å². The summed E-state index contributed by atoms with van der Waals surface area (Å²) in [4.78, 5) is 87.5. The number of anilines is 3. The average molecular weight is 792 g/mol. The van der Waals surface area contributed by atoms with Crippen LogP contribution >= 0.6 is 0 Å². The monoisotopic (exact) mass is 791 g/mol. The first kappa shape index (κ1) is 39.8. The fourth-order valence-electron chi connectivity index (χ4n) is 7.35. The van der Waals surface area contributed by atoms with Crippen molar-refractivity contribution in [2.24, 2.45) is 5.92 Å². The molecule has 0 bridgehead atoms. The van der Waals surface area contributed by atoms with Crippen LogP contribution in [-0.4, -0.2) is 82.5 Å². The van der Waals surface area contributed by atoms with Crippen LogP contribution in [-0.2, 0) is 14.4 Å². The number of aromatic nitrogens is 2. The van der Waals surface area contributed by atoms with Gasteiger partial charge in [-0.05, 0) is 86.7 Å². The fourth-order valence-corrected chi connectivity index (χ4v) is 7.35. The third-order valence-electron chi connectivity index (χ3n) is 10.5. The summed E-state index contributed by atoms with van der Waals surface area (Å²) < 4.78 is 0. The van der Waals surface area contributed by atoms with E-state index in [1.165, 1.54) is 0 Å². The van der Waals surface area contributed by atoms with Crippen molar-refractivity contribution in [3.8, 4) is 29.2 Å². The molecule has 59 heavy (non-hydrogen) atoms. The number of imide groups is 2. The van der Waals surface area contributed by atoms with Crippen LogP contribution in [0, 0.1) is 29.1 Å². The minimum atomic E-state index is -1.03. The maximum absolute atomic E-state index is 13.3. The molecular formula is C44H41N9O6. The van der Waals surface area contributed by atoms with Gasteiger partial charge in [-0.15, -0.1) is 0 Å². The van der Waals surface area contributed by atoms with Crippen LogP contribution < -0.4 is 26.2 Å². The maximum atomic E-state index is 13.3. The summed E-state index contributed by atoms with van der Waals surface area (Å²) >= 11 is 0. The molecule has 1 atom stereocenters. The molecule has 15 nitrogen and oxygen atoms in total. The lowest BCUT2D eigenvalue weighted by Gasteiger charge is -2.33. The van der Waals surface area contributed by atoms with Crippen LogP contribution in [0.4, 0.5) is 17.3 Å². The van der Waals surface area contributed by atoms with Gasteiger partial charge < -0.3 is 20.9 Å². The highest BCUT2D eigenvalue weighted by molar-refractivity contribution is 6.24. The number of nitrogens with zero attached hydrogens (tertiary/aromatic N) is 5. The Morgan fingerprint density at radius 2 is 1.66 bits per heavy atom. The molecule has 2 saturated heterocycles. The number of unbranched alkanes of at least 4 members (excludes halogenated alkanes) is 2. The fraction of sp³-hybridized carbons (Fsp3) is 0.295. The minimum absolute atomic E-state index is 0.0534. The maximum Gasteiger partial charge on any atom is 0.263 e. The van der Waals surface area contributed by atoms with Crippen molar-refractivity contribution < 1.29 is 28.8 Å². The van der Waals surface area contributed by atoms with Crippen molar-refractivity contribution in [2.45, 2.75) is 51.0 Å². The molecule has 3 aromatic carbocycles. The van der Waals surface area contributed by atoms with Crippen LogP contribution in [0.2, 0.25) is 0 Å². The van der Waals surface area contributed by atoms with Crippen LogP contribution in [0.3, 0.4) is 0 Å². The van der Waals surface area contributed by atoms with Crippen molar-refractivity contribution in [3.05, 3.63) is 101 Å². The summed E-state index contributed by atoms with van der Waals surface area (Å²) in [6.07, 6.45) is 5.30. The van der Waals surface area contributed by atoms with E-state index in [9.17, 15) is 28.8 Å². The molecule has 7 rings (SSSR count). The van der Waals surface area contributed by atoms with E-state index < -0.39 is 29.7 Å². The van der Waals surface area contributed by atoms with E-state index in [4.69, 9.17) is 5.26 Å². The molecule has 1 aromatic heterocycles. The van der Waals surface area contributed by atoms with Gasteiger partial charge >= 0.3 is 0 Å². The van der Waals surface area contributed by atoms with Crippen LogP contribution in [0.1, 0.15) is 81.6 Å². The molecule has 0 saturated carbocycles. The zero-order valence-electron chi connectivity index (χ0n) is 32.1. The quantitative estimate of drug-likeness (QED) is 0.0696. The van der Waals surface area contributed by atoms with E-state index in [-0.39, 0.29) is 48.2 Å². The number of piperidine rings is 2. The Labute approximate surface area is 340 Å². The predicted molar refractivity (Wildman–Crippen MR) is 217 cm³/mol. The molecule has 4 aromatic rings. The summed E-state index contributed by atoms with van der Waals surface area (Å²) in [5.41, 5.74) is 4.65. The van der Waals surface area contributed by atoms with Gasteiger partial charge in [0.15, 0.2) is 0 Å². The number of nitriles is 1. The minimum Gasteiger partial charge on any atom is -0.371 e. The molecule has 6 amide bonds. The van der Waals surface area contributed by atoms with Gasteiger partial charge in [0.2, 0.25) is 23.7 Å². The Hall–Kier alpha value is -7.39. The second kappa shape index (κ2) is 18.3. The third kappa shape index (κ3) is 9.27. The highest BCUT2D eigenvalue weighted by Gasteiger charge is 2.45. The van der Waals surface area contributed by atoms with Crippen LogP contribution in [0.25, 0.3) is 11.3 Å².